The van der Waals surface area contributed by atoms with Gasteiger partial charge < -0.3 is 4.74 Å². The smallest absolute Gasteiger partial charge is 0.119 e. The molecule has 3 nitrogen and oxygen atoms in total. The number of rotatable bonds is 5. The molecule has 3 N–H and O–H groups in total. The van der Waals surface area contributed by atoms with Crippen molar-refractivity contribution in [1.82, 2.24) is 5.43 Å². The molecule has 0 radical (unpaired) electrons. The molecule has 2 aromatic carbocycles. The highest BCUT2D eigenvalue weighted by Gasteiger charge is 2.23. The van der Waals surface area contributed by atoms with Crippen LogP contribution in [0.25, 0.3) is 0 Å². The van der Waals surface area contributed by atoms with Crippen LogP contribution in [0.1, 0.15) is 35.6 Å². The maximum atomic E-state index is 5.79. The normalized spacial score (nSPS) is 15.8. The number of halogens is 1. The fourth-order valence-corrected chi connectivity index (χ4v) is 2.78. The second-order valence-corrected chi connectivity index (χ2v) is 6.40. The summed E-state index contributed by atoms with van der Waals surface area (Å²) in [5.41, 5.74) is 6.42. The Morgan fingerprint density at radius 3 is 2.52 bits per heavy atom. The van der Waals surface area contributed by atoms with Gasteiger partial charge in [0.2, 0.25) is 0 Å². The number of nitrogens with one attached hydrogen (secondary N) is 1. The van der Waals surface area contributed by atoms with Gasteiger partial charge in [0.1, 0.15) is 5.75 Å². The van der Waals surface area contributed by atoms with Crippen LogP contribution in [0.4, 0.5) is 0 Å². The molecule has 0 bridgehead atoms. The summed E-state index contributed by atoms with van der Waals surface area (Å²) in [6.07, 6.45) is 2.77. The molecule has 1 saturated carbocycles. The lowest BCUT2D eigenvalue weighted by molar-refractivity contribution is 0.303. The lowest BCUT2D eigenvalue weighted by atomic mass is 9.95. The standard InChI is InChI=1S/C17H19BrN2O/c1-11-2-5-13(18)10-16(11)17(20-19)12-3-6-14(7-4-12)21-15-8-9-15/h2-7,10,15,17,20H,8-9,19H2,1H3. The summed E-state index contributed by atoms with van der Waals surface area (Å²) in [6, 6.07) is 14.4. The van der Waals surface area contributed by atoms with E-state index in [0.29, 0.717) is 6.10 Å². The number of nitrogens with two attached hydrogens (primary N) is 1. The molecule has 2 aromatic rings. The van der Waals surface area contributed by atoms with Gasteiger partial charge in [-0.2, -0.15) is 0 Å². The minimum absolute atomic E-state index is 0.0301. The van der Waals surface area contributed by atoms with Crippen LogP contribution < -0.4 is 16.0 Å². The molecule has 0 heterocycles. The lowest BCUT2D eigenvalue weighted by Crippen LogP contribution is -2.29. The third-order valence-electron chi connectivity index (χ3n) is 3.76. The van der Waals surface area contributed by atoms with Gasteiger partial charge in [0.25, 0.3) is 0 Å². The summed E-state index contributed by atoms with van der Waals surface area (Å²) < 4.78 is 6.84. The molecular weight excluding hydrogens is 328 g/mol. The van der Waals surface area contributed by atoms with Gasteiger partial charge in [-0.25, -0.2) is 5.43 Å². The van der Waals surface area contributed by atoms with E-state index in [9.17, 15) is 0 Å². The van der Waals surface area contributed by atoms with Crippen molar-refractivity contribution in [1.29, 1.82) is 0 Å². The topological polar surface area (TPSA) is 47.3 Å². The number of hydrogen-bond acceptors (Lipinski definition) is 3. The summed E-state index contributed by atoms with van der Waals surface area (Å²) >= 11 is 3.52. The number of ether oxygens (including phenoxy) is 1. The van der Waals surface area contributed by atoms with E-state index in [1.54, 1.807) is 0 Å². The molecule has 1 fully saturated rings. The van der Waals surface area contributed by atoms with Gasteiger partial charge in [0, 0.05) is 4.47 Å². The first kappa shape index (κ1) is 14.6. The number of hydrogen-bond donors (Lipinski definition) is 2. The SMILES string of the molecule is Cc1ccc(Br)cc1C(NN)c1ccc(OC2CC2)cc1. The molecule has 1 atom stereocenters. The average Bonchev–Trinajstić information content (AvgIpc) is 3.29. The van der Waals surface area contributed by atoms with Gasteiger partial charge in [-0.15, -0.1) is 0 Å². The van der Waals surface area contributed by atoms with E-state index in [1.165, 1.54) is 24.0 Å². The Labute approximate surface area is 133 Å². The van der Waals surface area contributed by atoms with Crippen molar-refractivity contribution in [2.45, 2.75) is 31.9 Å². The molecule has 0 aromatic heterocycles. The maximum Gasteiger partial charge on any atom is 0.119 e. The molecular formula is C17H19BrN2O. The monoisotopic (exact) mass is 346 g/mol. The van der Waals surface area contributed by atoms with Crippen molar-refractivity contribution < 1.29 is 4.74 Å². The molecule has 0 saturated heterocycles. The molecule has 0 spiro atoms. The zero-order valence-corrected chi connectivity index (χ0v) is 13.6. The van der Waals surface area contributed by atoms with E-state index in [0.717, 1.165) is 15.8 Å². The van der Waals surface area contributed by atoms with E-state index in [1.807, 2.05) is 18.2 Å². The van der Waals surface area contributed by atoms with Crippen LogP contribution in [0.5, 0.6) is 5.75 Å². The van der Waals surface area contributed by atoms with E-state index in [2.05, 4.69) is 52.5 Å². The summed E-state index contributed by atoms with van der Waals surface area (Å²) in [4.78, 5) is 0. The third-order valence-corrected chi connectivity index (χ3v) is 4.25. The highest BCUT2D eigenvalue weighted by Crippen LogP contribution is 2.30. The second kappa shape index (κ2) is 6.18. The maximum absolute atomic E-state index is 5.79. The van der Waals surface area contributed by atoms with Crippen LogP contribution in [0.2, 0.25) is 0 Å². The summed E-state index contributed by atoms with van der Waals surface area (Å²) in [5, 5.41) is 0. The Hall–Kier alpha value is -1.36. The van der Waals surface area contributed by atoms with E-state index >= 15 is 0 Å². The third kappa shape index (κ3) is 3.46. The minimum Gasteiger partial charge on any atom is -0.490 e. The van der Waals surface area contributed by atoms with Crippen LogP contribution in [-0.2, 0) is 0 Å². The molecule has 3 rings (SSSR count). The average molecular weight is 347 g/mol. The fourth-order valence-electron chi connectivity index (χ4n) is 2.41. The van der Waals surface area contributed by atoms with Gasteiger partial charge in [-0.3, -0.25) is 5.84 Å². The Morgan fingerprint density at radius 2 is 1.90 bits per heavy atom. The molecule has 1 aliphatic rings. The highest BCUT2D eigenvalue weighted by atomic mass is 79.9. The predicted molar refractivity (Wildman–Crippen MR) is 88.1 cm³/mol. The largest absolute Gasteiger partial charge is 0.490 e. The number of benzene rings is 2. The first-order chi connectivity index (χ1) is 10.2. The number of hydrazine groups is 1. The predicted octanol–water partition coefficient (Wildman–Crippen LogP) is 3.85. The summed E-state index contributed by atoms with van der Waals surface area (Å²) in [6.45, 7) is 2.09. The van der Waals surface area contributed by atoms with Crippen LogP contribution in [-0.4, -0.2) is 6.10 Å². The Morgan fingerprint density at radius 1 is 1.19 bits per heavy atom. The van der Waals surface area contributed by atoms with Gasteiger partial charge in [-0.1, -0.05) is 34.1 Å². The van der Waals surface area contributed by atoms with Gasteiger partial charge in [0.05, 0.1) is 12.1 Å². The molecule has 4 heteroatoms. The zero-order valence-electron chi connectivity index (χ0n) is 12.0. The van der Waals surface area contributed by atoms with E-state index < -0.39 is 0 Å². The van der Waals surface area contributed by atoms with Crippen molar-refractivity contribution in [2.24, 2.45) is 5.84 Å². The summed E-state index contributed by atoms with van der Waals surface area (Å²) in [7, 11) is 0. The molecule has 0 aliphatic heterocycles. The molecule has 0 amide bonds. The van der Waals surface area contributed by atoms with Gasteiger partial charge in [-0.05, 0) is 60.7 Å². The lowest BCUT2D eigenvalue weighted by Gasteiger charge is -2.20. The van der Waals surface area contributed by atoms with Crippen LogP contribution in [0, 0.1) is 6.92 Å². The first-order valence-corrected chi connectivity index (χ1v) is 7.95. The zero-order chi connectivity index (χ0) is 14.8. The van der Waals surface area contributed by atoms with Crippen LogP contribution >= 0.6 is 15.9 Å². The highest BCUT2D eigenvalue weighted by molar-refractivity contribution is 9.10. The van der Waals surface area contributed by atoms with E-state index in [-0.39, 0.29) is 6.04 Å². The van der Waals surface area contributed by atoms with Gasteiger partial charge in [0.15, 0.2) is 0 Å². The number of aryl methyl sites for hydroxylation is 1. The Bertz CT molecular complexity index is 623. The Kier molecular flexibility index (Phi) is 4.29. The van der Waals surface area contributed by atoms with Crippen molar-refractivity contribution in [3.8, 4) is 5.75 Å². The second-order valence-electron chi connectivity index (χ2n) is 5.49. The van der Waals surface area contributed by atoms with Crippen molar-refractivity contribution in [2.75, 3.05) is 0 Å². The van der Waals surface area contributed by atoms with Crippen LogP contribution in [0.3, 0.4) is 0 Å². The minimum atomic E-state index is -0.0301. The van der Waals surface area contributed by atoms with Crippen molar-refractivity contribution in [3.05, 3.63) is 63.6 Å². The fraction of sp³-hybridized carbons (Fsp3) is 0.294. The van der Waals surface area contributed by atoms with Crippen LogP contribution in [0.15, 0.2) is 46.9 Å². The Balaban J connectivity index is 1.86. The van der Waals surface area contributed by atoms with Crippen molar-refractivity contribution in [3.63, 3.8) is 0 Å². The van der Waals surface area contributed by atoms with Gasteiger partial charge >= 0.3 is 0 Å². The first-order valence-electron chi connectivity index (χ1n) is 7.16. The molecule has 1 aliphatic carbocycles. The van der Waals surface area contributed by atoms with Crippen molar-refractivity contribution >= 4 is 15.9 Å². The molecule has 21 heavy (non-hydrogen) atoms. The summed E-state index contributed by atoms with van der Waals surface area (Å²) in [5.74, 6) is 6.72. The molecule has 1 unspecified atom stereocenters. The quantitative estimate of drug-likeness (QED) is 0.638. The molecule has 110 valence electrons. The van der Waals surface area contributed by atoms with E-state index in [4.69, 9.17) is 10.6 Å².